The molecule has 1 fully saturated rings. The lowest BCUT2D eigenvalue weighted by Crippen LogP contribution is -2.26. The Bertz CT molecular complexity index is 469. The van der Waals surface area contributed by atoms with Gasteiger partial charge in [-0.05, 0) is 56.9 Å². The van der Waals surface area contributed by atoms with Crippen molar-refractivity contribution in [2.45, 2.75) is 60.3 Å². The van der Waals surface area contributed by atoms with Gasteiger partial charge in [-0.1, -0.05) is 20.8 Å². The summed E-state index contributed by atoms with van der Waals surface area (Å²) < 4.78 is 0. The molecule has 1 heterocycles. The van der Waals surface area contributed by atoms with Crippen LogP contribution in [0.4, 0.5) is 5.95 Å². The molecule has 4 heteroatoms. The van der Waals surface area contributed by atoms with E-state index in [0.717, 1.165) is 30.1 Å². The van der Waals surface area contributed by atoms with Gasteiger partial charge in [0.15, 0.2) is 0 Å². The first-order valence-corrected chi connectivity index (χ1v) is 7.48. The van der Waals surface area contributed by atoms with Gasteiger partial charge in [-0.15, -0.1) is 0 Å². The van der Waals surface area contributed by atoms with E-state index < -0.39 is 0 Å². The fraction of sp³-hybridized carbons (Fsp3) is 0.688. The molecule has 1 saturated carbocycles. The number of aromatic nitrogens is 2. The molecule has 0 unspecified atom stereocenters. The van der Waals surface area contributed by atoms with Crippen molar-refractivity contribution in [1.82, 2.24) is 9.97 Å². The van der Waals surface area contributed by atoms with Crippen LogP contribution in [0.5, 0.6) is 0 Å². The highest BCUT2D eigenvalue weighted by atomic mass is 15.4. The predicted octanol–water partition coefficient (Wildman–Crippen LogP) is 4.10. The quantitative estimate of drug-likeness (QED) is 0.826. The van der Waals surface area contributed by atoms with Gasteiger partial charge in [0.2, 0.25) is 5.95 Å². The maximum Gasteiger partial charge on any atom is 0.243 e. The minimum absolute atomic E-state index is 0.412. The van der Waals surface area contributed by atoms with E-state index in [1.165, 1.54) is 18.6 Å². The number of hydrazone groups is 1. The van der Waals surface area contributed by atoms with E-state index in [1.807, 2.05) is 19.9 Å². The molecule has 110 valence electrons. The van der Waals surface area contributed by atoms with E-state index >= 15 is 0 Å². The van der Waals surface area contributed by atoms with Crippen LogP contribution in [0.1, 0.15) is 57.8 Å². The lowest BCUT2D eigenvalue weighted by atomic mass is 9.72. The third kappa shape index (κ3) is 4.02. The molecule has 1 N–H and O–H groups in total. The average molecular weight is 274 g/mol. The first kappa shape index (κ1) is 14.9. The standard InChI is InChI=1S/C16H26N4/c1-11-10-12(2)18-15(17-11)20-19-14-8-6-13(7-9-14)16(3,4)5/h10,13H,6-9H2,1-5H3,(H,17,18,20). The second kappa shape index (κ2) is 5.90. The van der Waals surface area contributed by atoms with E-state index in [-0.39, 0.29) is 0 Å². The van der Waals surface area contributed by atoms with Crippen molar-refractivity contribution in [2.75, 3.05) is 5.43 Å². The molecule has 20 heavy (non-hydrogen) atoms. The van der Waals surface area contributed by atoms with Crippen molar-refractivity contribution in [1.29, 1.82) is 0 Å². The number of hydrogen-bond donors (Lipinski definition) is 1. The maximum absolute atomic E-state index is 4.49. The lowest BCUT2D eigenvalue weighted by Gasteiger charge is -2.34. The number of nitrogens with zero attached hydrogens (tertiary/aromatic N) is 3. The van der Waals surface area contributed by atoms with Crippen molar-refractivity contribution in [3.63, 3.8) is 0 Å². The minimum atomic E-state index is 0.412. The molecule has 0 bridgehead atoms. The zero-order valence-corrected chi connectivity index (χ0v) is 13.3. The molecule has 1 aromatic rings. The molecule has 4 nitrogen and oxygen atoms in total. The number of aryl methyl sites for hydroxylation is 2. The number of anilines is 1. The lowest BCUT2D eigenvalue weighted by molar-refractivity contribution is 0.208. The summed E-state index contributed by atoms with van der Waals surface area (Å²) in [6, 6.07) is 1.97. The molecule has 0 saturated heterocycles. The van der Waals surface area contributed by atoms with Gasteiger partial charge < -0.3 is 0 Å². The van der Waals surface area contributed by atoms with Crippen LogP contribution in [-0.4, -0.2) is 15.7 Å². The summed E-state index contributed by atoms with van der Waals surface area (Å²) in [5.74, 6) is 1.41. The van der Waals surface area contributed by atoms with Gasteiger partial charge in [0.05, 0.1) is 0 Å². The van der Waals surface area contributed by atoms with Gasteiger partial charge in [-0.25, -0.2) is 15.4 Å². The third-order valence-electron chi connectivity index (χ3n) is 4.08. The summed E-state index contributed by atoms with van der Waals surface area (Å²) >= 11 is 0. The molecule has 0 atom stereocenters. The SMILES string of the molecule is Cc1cc(C)nc(NN=C2CCC(C(C)(C)C)CC2)n1. The molecule has 2 rings (SSSR count). The second-order valence-electron chi connectivity index (χ2n) is 6.90. The normalized spacial score (nSPS) is 19.9. The molecular weight excluding hydrogens is 248 g/mol. The van der Waals surface area contributed by atoms with Crippen molar-refractivity contribution in [2.24, 2.45) is 16.4 Å². The molecule has 1 aromatic heterocycles. The molecule has 1 aliphatic carbocycles. The van der Waals surface area contributed by atoms with Gasteiger partial charge in [0.1, 0.15) is 0 Å². The van der Waals surface area contributed by atoms with Crippen LogP contribution in [0.15, 0.2) is 11.2 Å². The van der Waals surface area contributed by atoms with Crippen LogP contribution in [0, 0.1) is 25.2 Å². The summed E-state index contributed by atoms with van der Waals surface area (Å²) in [5.41, 5.74) is 6.61. The van der Waals surface area contributed by atoms with Crippen molar-refractivity contribution >= 4 is 11.7 Å². The number of nitrogens with one attached hydrogen (secondary N) is 1. The summed E-state index contributed by atoms with van der Waals surface area (Å²) in [5, 5.41) is 4.49. The van der Waals surface area contributed by atoms with Crippen LogP contribution >= 0.6 is 0 Å². The Labute approximate surface area is 122 Å². The molecule has 0 aromatic carbocycles. The van der Waals surface area contributed by atoms with Gasteiger partial charge in [-0.2, -0.15) is 5.10 Å². The highest BCUT2D eigenvalue weighted by Crippen LogP contribution is 2.36. The largest absolute Gasteiger partial charge is 0.245 e. The van der Waals surface area contributed by atoms with Crippen LogP contribution in [0.2, 0.25) is 0 Å². The summed E-state index contributed by atoms with van der Waals surface area (Å²) in [4.78, 5) is 8.69. The van der Waals surface area contributed by atoms with Crippen LogP contribution in [0.25, 0.3) is 0 Å². The second-order valence-corrected chi connectivity index (χ2v) is 6.90. The van der Waals surface area contributed by atoms with E-state index in [1.54, 1.807) is 0 Å². The van der Waals surface area contributed by atoms with Crippen LogP contribution < -0.4 is 5.43 Å². The van der Waals surface area contributed by atoms with E-state index in [9.17, 15) is 0 Å². The zero-order chi connectivity index (χ0) is 14.8. The Morgan fingerprint density at radius 3 is 2.15 bits per heavy atom. The van der Waals surface area contributed by atoms with Crippen LogP contribution in [0.3, 0.4) is 0 Å². The smallest absolute Gasteiger partial charge is 0.243 e. The minimum Gasteiger partial charge on any atom is -0.245 e. The van der Waals surface area contributed by atoms with Gasteiger partial charge >= 0.3 is 0 Å². The fourth-order valence-electron chi connectivity index (χ4n) is 2.83. The fourth-order valence-corrected chi connectivity index (χ4v) is 2.83. The van der Waals surface area contributed by atoms with E-state index in [0.29, 0.717) is 11.4 Å². The number of rotatable bonds is 2. The molecule has 0 amide bonds. The summed E-state index contributed by atoms with van der Waals surface area (Å²) in [6.07, 6.45) is 4.63. The Morgan fingerprint density at radius 1 is 1.10 bits per heavy atom. The summed E-state index contributed by atoms with van der Waals surface area (Å²) in [6.45, 7) is 11.0. The van der Waals surface area contributed by atoms with Crippen LogP contribution in [-0.2, 0) is 0 Å². The first-order valence-electron chi connectivity index (χ1n) is 7.48. The molecule has 1 aliphatic rings. The van der Waals surface area contributed by atoms with Gasteiger partial charge in [0, 0.05) is 17.1 Å². The average Bonchev–Trinajstić information content (AvgIpc) is 2.35. The molecule has 0 spiro atoms. The highest BCUT2D eigenvalue weighted by molar-refractivity contribution is 5.85. The van der Waals surface area contributed by atoms with Gasteiger partial charge in [-0.3, -0.25) is 0 Å². The topological polar surface area (TPSA) is 50.2 Å². The highest BCUT2D eigenvalue weighted by Gasteiger charge is 2.27. The molecular formula is C16H26N4. The zero-order valence-electron chi connectivity index (χ0n) is 13.3. The molecule has 0 radical (unpaired) electrons. The third-order valence-corrected chi connectivity index (χ3v) is 4.08. The predicted molar refractivity (Wildman–Crippen MR) is 84.0 cm³/mol. The monoisotopic (exact) mass is 274 g/mol. The summed E-state index contributed by atoms with van der Waals surface area (Å²) in [7, 11) is 0. The van der Waals surface area contributed by atoms with Crippen molar-refractivity contribution < 1.29 is 0 Å². The van der Waals surface area contributed by atoms with E-state index in [4.69, 9.17) is 0 Å². The Kier molecular flexibility index (Phi) is 4.41. The first-order chi connectivity index (χ1) is 9.34. The van der Waals surface area contributed by atoms with E-state index in [2.05, 4.69) is 41.3 Å². The molecule has 0 aliphatic heterocycles. The Morgan fingerprint density at radius 2 is 1.65 bits per heavy atom. The maximum atomic E-state index is 4.49. The number of hydrogen-bond acceptors (Lipinski definition) is 4. The van der Waals surface area contributed by atoms with Crippen molar-refractivity contribution in [3.05, 3.63) is 17.5 Å². The Hall–Kier alpha value is -1.45. The Balaban J connectivity index is 1.94. The van der Waals surface area contributed by atoms with Gasteiger partial charge in [0.25, 0.3) is 0 Å². The van der Waals surface area contributed by atoms with Crippen molar-refractivity contribution in [3.8, 4) is 0 Å².